The Bertz CT molecular complexity index is 354. The minimum absolute atomic E-state index is 0.162. The van der Waals surface area contributed by atoms with E-state index in [1.807, 2.05) is 0 Å². The predicted molar refractivity (Wildman–Crippen MR) is 65.3 cm³/mol. The fraction of sp³-hybridized carbons (Fsp3) is 0.500. The van der Waals surface area contributed by atoms with E-state index in [0.29, 0.717) is 12.1 Å². The van der Waals surface area contributed by atoms with E-state index in [9.17, 15) is 0 Å². The monoisotopic (exact) mass is 236 g/mol. The van der Waals surface area contributed by atoms with E-state index in [1.54, 1.807) is 24.3 Å². The van der Waals surface area contributed by atoms with Crippen LogP contribution in [-0.2, 0) is 4.74 Å². The molecule has 0 atom stereocenters. The summed E-state index contributed by atoms with van der Waals surface area (Å²) >= 11 is 0. The van der Waals surface area contributed by atoms with Gasteiger partial charge in [0.05, 0.1) is 25.2 Å². The Morgan fingerprint density at radius 1 is 1.29 bits per heavy atom. The Kier molecular flexibility index (Phi) is 3.71. The lowest BCUT2D eigenvalue weighted by Crippen LogP contribution is -2.46. The molecule has 1 aromatic rings. The SMILES string of the molecule is CCC1(COc2ccc(B(O)O)cc2)COC1. The molecule has 1 fully saturated rings. The first-order valence-electron chi connectivity index (χ1n) is 5.82. The average Bonchev–Trinajstić information content (AvgIpc) is 2.29. The summed E-state index contributed by atoms with van der Waals surface area (Å²) in [6.45, 7) is 4.30. The van der Waals surface area contributed by atoms with Gasteiger partial charge < -0.3 is 19.5 Å². The van der Waals surface area contributed by atoms with Crippen molar-refractivity contribution in [1.82, 2.24) is 0 Å². The summed E-state index contributed by atoms with van der Waals surface area (Å²) in [5.41, 5.74) is 0.629. The lowest BCUT2D eigenvalue weighted by atomic mass is 9.80. The molecule has 0 aliphatic carbocycles. The van der Waals surface area contributed by atoms with Gasteiger partial charge in [0.1, 0.15) is 5.75 Å². The van der Waals surface area contributed by atoms with Crippen LogP contribution in [0.4, 0.5) is 0 Å². The van der Waals surface area contributed by atoms with E-state index in [4.69, 9.17) is 19.5 Å². The van der Waals surface area contributed by atoms with Gasteiger partial charge in [-0.25, -0.2) is 0 Å². The van der Waals surface area contributed by atoms with Gasteiger partial charge in [0, 0.05) is 0 Å². The van der Waals surface area contributed by atoms with Crippen LogP contribution in [0.3, 0.4) is 0 Å². The van der Waals surface area contributed by atoms with E-state index in [2.05, 4.69) is 6.92 Å². The highest BCUT2D eigenvalue weighted by atomic mass is 16.5. The highest BCUT2D eigenvalue weighted by molar-refractivity contribution is 6.58. The minimum atomic E-state index is -1.42. The Morgan fingerprint density at radius 3 is 2.35 bits per heavy atom. The van der Waals surface area contributed by atoms with Crippen LogP contribution < -0.4 is 10.2 Å². The Balaban J connectivity index is 1.91. The van der Waals surface area contributed by atoms with E-state index >= 15 is 0 Å². The van der Waals surface area contributed by atoms with Crippen molar-refractivity contribution in [2.24, 2.45) is 5.41 Å². The summed E-state index contributed by atoms with van der Waals surface area (Å²) < 4.78 is 10.9. The molecule has 2 N–H and O–H groups in total. The molecule has 1 aromatic carbocycles. The number of benzene rings is 1. The second-order valence-electron chi connectivity index (χ2n) is 4.58. The lowest BCUT2D eigenvalue weighted by Gasteiger charge is -2.40. The van der Waals surface area contributed by atoms with E-state index in [0.717, 1.165) is 25.4 Å². The molecule has 1 heterocycles. The van der Waals surface area contributed by atoms with Gasteiger partial charge in [0.15, 0.2) is 0 Å². The standard InChI is InChI=1S/C12H17BO4/c1-2-12(7-16-8-12)9-17-11-5-3-10(4-6-11)13(14)15/h3-6,14-15H,2,7-9H2,1H3. The van der Waals surface area contributed by atoms with Crippen LogP contribution in [0.15, 0.2) is 24.3 Å². The molecule has 0 unspecified atom stereocenters. The highest BCUT2D eigenvalue weighted by Crippen LogP contribution is 2.31. The van der Waals surface area contributed by atoms with Crippen molar-refractivity contribution in [3.63, 3.8) is 0 Å². The summed E-state index contributed by atoms with van der Waals surface area (Å²) in [7, 11) is -1.42. The number of hydrogen-bond donors (Lipinski definition) is 2. The normalized spacial score (nSPS) is 17.4. The van der Waals surface area contributed by atoms with Crippen LogP contribution in [0, 0.1) is 5.41 Å². The van der Waals surface area contributed by atoms with Gasteiger partial charge in [0.2, 0.25) is 0 Å². The van der Waals surface area contributed by atoms with Gasteiger partial charge in [-0.3, -0.25) is 0 Å². The molecule has 0 spiro atoms. The quantitative estimate of drug-likeness (QED) is 0.715. The maximum Gasteiger partial charge on any atom is 0.488 e. The van der Waals surface area contributed by atoms with Crippen molar-refractivity contribution in [3.05, 3.63) is 24.3 Å². The van der Waals surface area contributed by atoms with Crippen molar-refractivity contribution < 1.29 is 19.5 Å². The fourth-order valence-corrected chi connectivity index (χ4v) is 1.75. The van der Waals surface area contributed by atoms with Gasteiger partial charge in [-0.15, -0.1) is 0 Å². The number of hydrogen-bond acceptors (Lipinski definition) is 4. The van der Waals surface area contributed by atoms with Crippen LogP contribution in [0.5, 0.6) is 5.75 Å². The molecule has 0 aromatic heterocycles. The molecule has 0 saturated carbocycles. The molecule has 0 radical (unpaired) electrons. The average molecular weight is 236 g/mol. The maximum atomic E-state index is 8.96. The van der Waals surface area contributed by atoms with E-state index in [1.165, 1.54) is 0 Å². The molecule has 2 rings (SSSR count). The van der Waals surface area contributed by atoms with Gasteiger partial charge >= 0.3 is 7.12 Å². The molecule has 1 aliphatic rings. The first-order chi connectivity index (χ1) is 8.15. The van der Waals surface area contributed by atoms with E-state index in [-0.39, 0.29) is 5.41 Å². The first-order valence-corrected chi connectivity index (χ1v) is 5.82. The van der Waals surface area contributed by atoms with Crippen LogP contribution >= 0.6 is 0 Å². The summed E-state index contributed by atoms with van der Waals surface area (Å²) in [6, 6.07) is 6.79. The Hall–Kier alpha value is -1.04. The largest absolute Gasteiger partial charge is 0.493 e. The fourth-order valence-electron chi connectivity index (χ4n) is 1.75. The van der Waals surface area contributed by atoms with Crippen molar-refractivity contribution >= 4 is 12.6 Å². The highest BCUT2D eigenvalue weighted by Gasteiger charge is 2.37. The van der Waals surface area contributed by atoms with Crippen molar-refractivity contribution in [1.29, 1.82) is 0 Å². The molecule has 1 aliphatic heterocycles. The molecule has 0 amide bonds. The van der Waals surface area contributed by atoms with Crippen LogP contribution in [-0.4, -0.2) is 37.0 Å². The molecule has 1 saturated heterocycles. The second-order valence-corrected chi connectivity index (χ2v) is 4.58. The predicted octanol–water partition coefficient (Wildman–Crippen LogP) is 0.172. The molecule has 4 nitrogen and oxygen atoms in total. The summed E-state index contributed by atoms with van der Waals surface area (Å²) in [5, 5.41) is 17.9. The Morgan fingerprint density at radius 2 is 1.94 bits per heavy atom. The van der Waals surface area contributed by atoms with Crippen molar-refractivity contribution in [3.8, 4) is 5.75 Å². The molecule has 5 heteroatoms. The van der Waals surface area contributed by atoms with Crippen LogP contribution in [0.25, 0.3) is 0 Å². The van der Waals surface area contributed by atoms with Crippen molar-refractivity contribution in [2.75, 3.05) is 19.8 Å². The zero-order chi connectivity index (χ0) is 12.3. The molecule has 17 heavy (non-hydrogen) atoms. The molecule has 0 bridgehead atoms. The molecular weight excluding hydrogens is 219 g/mol. The maximum absolute atomic E-state index is 8.96. The number of ether oxygens (including phenoxy) is 2. The zero-order valence-electron chi connectivity index (χ0n) is 9.93. The van der Waals surface area contributed by atoms with Crippen molar-refractivity contribution in [2.45, 2.75) is 13.3 Å². The van der Waals surface area contributed by atoms with Crippen LogP contribution in [0.1, 0.15) is 13.3 Å². The van der Waals surface area contributed by atoms with Gasteiger partial charge in [0.25, 0.3) is 0 Å². The topological polar surface area (TPSA) is 58.9 Å². The molecule has 92 valence electrons. The third-order valence-electron chi connectivity index (χ3n) is 3.29. The smallest absolute Gasteiger partial charge is 0.488 e. The Labute approximate surface area is 101 Å². The van der Waals surface area contributed by atoms with Gasteiger partial charge in [-0.05, 0) is 24.0 Å². The third kappa shape index (κ3) is 2.80. The lowest BCUT2D eigenvalue weighted by molar-refractivity contribution is -0.133. The zero-order valence-corrected chi connectivity index (χ0v) is 9.93. The first kappa shape index (κ1) is 12.4. The number of rotatable bonds is 5. The third-order valence-corrected chi connectivity index (χ3v) is 3.29. The van der Waals surface area contributed by atoms with Gasteiger partial charge in [-0.1, -0.05) is 19.1 Å². The van der Waals surface area contributed by atoms with Crippen LogP contribution in [0.2, 0.25) is 0 Å². The van der Waals surface area contributed by atoms with Gasteiger partial charge in [-0.2, -0.15) is 0 Å². The second kappa shape index (κ2) is 5.08. The summed E-state index contributed by atoms with van der Waals surface area (Å²) in [5.74, 6) is 0.745. The summed E-state index contributed by atoms with van der Waals surface area (Å²) in [4.78, 5) is 0. The molecular formula is C12H17BO4. The van der Waals surface area contributed by atoms with E-state index < -0.39 is 7.12 Å². The minimum Gasteiger partial charge on any atom is -0.493 e. The summed E-state index contributed by atoms with van der Waals surface area (Å²) in [6.07, 6.45) is 1.04.